The van der Waals surface area contributed by atoms with Crippen molar-refractivity contribution in [1.82, 2.24) is 4.98 Å². The zero-order valence-corrected chi connectivity index (χ0v) is 11.1. The Morgan fingerprint density at radius 2 is 2.00 bits per heavy atom. The van der Waals surface area contributed by atoms with E-state index < -0.39 is 11.8 Å². The van der Waals surface area contributed by atoms with Gasteiger partial charge in [-0.25, -0.2) is 14.2 Å². The van der Waals surface area contributed by atoms with Crippen molar-refractivity contribution >= 4 is 17.6 Å². The summed E-state index contributed by atoms with van der Waals surface area (Å²) >= 11 is 5.61. The molecule has 0 aliphatic heterocycles. The third-order valence-corrected chi connectivity index (χ3v) is 2.60. The van der Waals surface area contributed by atoms with Crippen molar-refractivity contribution in [3.05, 3.63) is 59.1 Å². The SMILES string of the molecule is O=C(OCCOc1ccccc1F)c1ccc(Cl)nc1. The van der Waals surface area contributed by atoms with Crippen LogP contribution in [-0.4, -0.2) is 24.2 Å². The lowest BCUT2D eigenvalue weighted by Gasteiger charge is -2.07. The minimum atomic E-state index is -0.536. The smallest absolute Gasteiger partial charge is 0.339 e. The number of carbonyl (C=O) groups excluding carboxylic acids is 1. The lowest BCUT2D eigenvalue weighted by atomic mass is 10.3. The molecule has 0 radical (unpaired) electrons. The maximum Gasteiger partial charge on any atom is 0.339 e. The fourth-order valence-electron chi connectivity index (χ4n) is 1.43. The van der Waals surface area contributed by atoms with Crippen molar-refractivity contribution in [3.8, 4) is 5.75 Å². The summed E-state index contributed by atoms with van der Waals surface area (Å²) in [4.78, 5) is 15.4. The molecule has 0 fully saturated rings. The molecule has 20 heavy (non-hydrogen) atoms. The van der Waals surface area contributed by atoms with Gasteiger partial charge in [-0.1, -0.05) is 23.7 Å². The van der Waals surface area contributed by atoms with Crippen LogP contribution < -0.4 is 4.74 Å². The summed E-state index contributed by atoms with van der Waals surface area (Å²) in [6.45, 7) is 0.0729. The summed E-state index contributed by atoms with van der Waals surface area (Å²) in [5.74, 6) is -0.872. The van der Waals surface area contributed by atoms with Crippen molar-refractivity contribution in [2.24, 2.45) is 0 Å². The lowest BCUT2D eigenvalue weighted by molar-refractivity contribution is 0.0448. The van der Waals surface area contributed by atoms with Gasteiger partial charge >= 0.3 is 5.97 Å². The Hall–Kier alpha value is -2.14. The molecule has 0 spiro atoms. The molecule has 1 aromatic heterocycles. The maximum absolute atomic E-state index is 13.2. The highest BCUT2D eigenvalue weighted by Crippen LogP contribution is 2.15. The monoisotopic (exact) mass is 295 g/mol. The number of halogens is 2. The lowest BCUT2D eigenvalue weighted by Crippen LogP contribution is -2.13. The average Bonchev–Trinajstić information content (AvgIpc) is 2.46. The number of aromatic nitrogens is 1. The molecule has 6 heteroatoms. The molecule has 0 unspecified atom stereocenters. The molecule has 104 valence electrons. The Bertz CT molecular complexity index is 589. The van der Waals surface area contributed by atoms with Crippen molar-refractivity contribution < 1.29 is 18.7 Å². The molecule has 0 aliphatic carbocycles. The number of para-hydroxylation sites is 1. The van der Waals surface area contributed by atoms with E-state index in [9.17, 15) is 9.18 Å². The number of hydrogen-bond acceptors (Lipinski definition) is 4. The Morgan fingerprint density at radius 3 is 2.70 bits per heavy atom. The summed E-state index contributed by atoms with van der Waals surface area (Å²) in [5.41, 5.74) is 0.292. The van der Waals surface area contributed by atoms with Gasteiger partial charge in [0, 0.05) is 6.20 Å². The van der Waals surface area contributed by atoms with E-state index in [1.54, 1.807) is 12.1 Å². The van der Waals surface area contributed by atoms with Gasteiger partial charge in [0.1, 0.15) is 18.4 Å². The largest absolute Gasteiger partial charge is 0.487 e. The predicted octanol–water partition coefficient (Wildman–Crippen LogP) is 3.11. The van der Waals surface area contributed by atoms with Gasteiger partial charge in [0.25, 0.3) is 0 Å². The Labute approximate surface area is 120 Å². The molecule has 4 nitrogen and oxygen atoms in total. The first-order valence-electron chi connectivity index (χ1n) is 5.83. The van der Waals surface area contributed by atoms with Crippen molar-refractivity contribution in [1.29, 1.82) is 0 Å². The number of carbonyl (C=O) groups is 1. The molecule has 0 N–H and O–H groups in total. The minimum Gasteiger partial charge on any atom is -0.487 e. The average molecular weight is 296 g/mol. The van der Waals surface area contributed by atoms with Crippen LogP contribution in [0.5, 0.6) is 5.75 Å². The van der Waals surface area contributed by atoms with E-state index >= 15 is 0 Å². The summed E-state index contributed by atoms with van der Waals surface area (Å²) in [5, 5.41) is 0.296. The predicted molar refractivity (Wildman–Crippen MR) is 71.4 cm³/mol. The van der Waals surface area contributed by atoms with Gasteiger partial charge in [0.15, 0.2) is 11.6 Å². The molecule has 0 amide bonds. The van der Waals surface area contributed by atoms with Crippen LogP contribution in [0.15, 0.2) is 42.6 Å². The van der Waals surface area contributed by atoms with E-state index in [2.05, 4.69) is 4.98 Å². The minimum absolute atomic E-state index is 0.00972. The van der Waals surface area contributed by atoms with Gasteiger partial charge in [-0.3, -0.25) is 0 Å². The molecule has 2 aromatic rings. The van der Waals surface area contributed by atoms with E-state index in [-0.39, 0.29) is 19.0 Å². The molecule has 0 aliphatic rings. The number of rotatable bonds is 5. The van der Waals surface area contributed by atoms with Gasteiger partial charge in [0.05, 0.1) is 5.56 Å². The van der Waals surface area contributed by atoms with Crippen LogP contribution in [-0.2, 0) is 4.74 Å². The molecule has 0 bridgehead atoms. The van der Waals surface area contributed by atoms with E-state index in [1.165, 1.54) is 30.5 Å². The number of hydrogen-bond donors (Lipinski definition) is 0. The van der Waals surface area contributed by atoms with E-state index in [0.717, 1.165) is 0 Å². The Morgan fingerprint density at radius 1 is 1.20 bits per heavy atom. The standard InChI is InChI=1S/C14H11ClFNO3/c15-13-6-5-10(9-17-13)14(18)20-8-7-19-12-4-2-1-3-11(12)16/h1-6,9H,7-8H2. The second-order valence-electron chi connectivity index (χ2n) is 3.78. The molecular weight excluding hydrogens is 285 g/mol. The zero-order valence-electron chi connectivity index (χ0n) is 10.4. The van der Waals surface area contributed by atoms with Gasteiger partial charge in [-0.05, 0) is 24.3 Å². The topological polar surface area (TPSA) is 48.4 Å². The van der Waals surface area contributed by atoms with Crippen molar-refractivity contribution in [3.63, 3.8) is 0 Å². The fraction of sp³-hybridized carbons (Fsp3) is 0.143. The van der Waals surface area contributed by atoms with Crippen LogP contribution in [0.2, 0.25) is 5.15 Å². The molecule has 1 heterocycles. The molecule has 0 saturated carbocycles. The van der Waals surface area contributed by atoms with Crippen molar-refractivity contribution in [2.75, 3.05) is 13.2 Å². The van der Waals surface area contributed by atoms with Gasteiger partial charge in [0.2, 0.25) is 0 Å². The number of esters is 1. The number of nitrogens with zero attached hydrogens (tertiary/aromatic N) is 1. The van der Waals surface area contributed by atoms with Crippen molar-refractivity contribution in [2.45, 2.75) is 0 Å². The molecular formula is C14H11ClFNO3. The van der Waals surface area contributed by atoms with E-state index in [1.807, 2.05) is 0 Å². The van der Waals surface area contributed by atoms with Gasteiger partial charge in [-0.15, -0.1) is 0 Å². The van der Waals surface area contributed by atoms with E-state index in [4.69, 9.17) is 21.1 Å². The first-order chi connectivity index (χ1) is 9.66. The first-order valence-corrected chi connectivity index (χ1v) is 6.20. The van der Waals surface area contributed by atoms with E-state index in [0.29, 0.717) is 10.7 Å². The third-order valence-electron chi connectivity index (χ3n) is 2.37. The highest BCUT2D eigenvalue weighted by atomic mass is 35.5. The fourth-order valence-corrected chi connectivity index (χ4v) is 1.54. The number of ether oxygens (including phenoxy) is 2. The summed E-state index contributed by atoms with van der Waals surface area (Å²) in [6.07, 6.45) is 1.32. The van der Waals surface area contributed by atoms with Crippen LogP contribution in [0.1, 0.15) is 10.4 Å². The van der Waals surface area contributed by atoms with Crippen LogP contribution in [0, 0.1) is 5.82 Å². The Kier molecular flexibility index (Phi) is 4.90. The molecule has 1 aromatic carbocycles. The molecule has 2 rings (SSSR count). The third kappa shape index (κ3) is 3.93. The normalized spacial score (nSPS) is 10.1. The first kappa shape index (κ1) is 14.3. The van der Waals surface area contributed by atoms with Gasteiger partial charge < -0.3 is 9.47 Å². The van der Waals surface area contributed by atoms with Crippen LogP contribution in [0.4, 0.5) is 4.39 Å². The number of benzene rings is 1. The highest BCUT2D eigenvalue weighted by molar-refractivity contribution is 6.29. The quantitative estimate of drug-likeness (QED) is 0.483. The number of pyridine rings is 1. The summed E-state index contributed by atoms with van der Waals surface area (Å²) in [6, 6.07) is 9.02. The second kappa shape index (κ2) is 6.86. The zero-order chi connectivity index (χ0) is 14.4. The summed E-state index contributed by atoms with van der Waals surface area (Å²) in [7, 11) is 0. The second-order valence-corrected chi connectivity index (χ2v) is 4.17. The van der Waals surface area contributed by atoms with Gasteiger partial charge in [-0.2, -0.15) is 0 Å². The highest BCUT2D eigenvalue weighted by Gasteiger charge is 2.08. The Balaban J connectivity index is 1.77. The van der Waals surface area contributed by atoms with Crippen LogP contribution >= 0.6 is 11.6 Å². The molecule has 0 saturated heterocycles. The maximum atomic E-state index is 13.2. The molecule has 0 atom stereocenters. The summed E-state index contributed by atoms with van der Waals surface area (Å²) < 4.78 is 23.3. The van der Waals surface area contributed by atoms with Crippen LogP contribution in [0.3, 0.4) is 0 Å². The van der Waals surface area contributed by atoms with Crippen LogP contribution in [0.25, 0.3) is 0 Å².